The Labute approximate surface area is 74.9 Å². The molecule has 0 spiro atoms. The fraction of sp³-hybridized carbons (Fsp3) is 0. The molecule has 0 aliphatic rings. The fourth-order valence-corrected chi connectivity index (χ4v) is 0.430. The van der Waals surface area contributed by atoms with E-state index in [1.807, 2.05) is 0 Å². The Morgan fingerprint density at radius 3 is 1.36 bits per heavy atom. The Bertz CT molecular complexity index is 154. The molecule has 2 rings (SSSR count). The van der Waals surface area contributed by atoms with Gasteiger partial charge in [-0.05, 0) is 0 Å². The molecule has 0 aliphatic carbocycles. The van der Waals surface area contributed by atoms with Gasteiger partial charge in [0.1, 0.15) is 0 Å². The summed E-state index contributed by atoms with van der Waals surface area (Å²) < 4.78 is 0. The van der Waals surface area contributed by atoms with Crippen molar-refractivity contribution in [3.63, 3.8) is 0 Å². The molecule has 0 unspecified atom stereocenters. The number of rotatable bonds is 0. The molecule has 0 amide bonds. The van der Waals surface area contributed by atoms with E-state index < -0.39 is 0 Å². The predicted molar refractivity (Wildman–Crippen MR) is 37.2 cm³/mol. The summed E-state index contributed by atoms with van der Waals surface area (Å²) in [7, 11) is 0. The Balaban J connectivity index is 0.000000167. The summed E-state index contributed by atoms with van der Waals surface area (Å²) in [5.41, 5.74) is 0. The number of hydrogen-bond donors (Lipinski definition) is 2. The second-order valence-electron chi connectivity index (χ2n) is 1.52. The van der Waals surface area contributed by atoms with Crippen LogP contribution in [0.25, 0.3) is 0 Å². The molecule has 11 heavy (non-hydrogen) atoms. The van der Waals surface area contributed by atoms with Crippen molar-refractivity contribution in [1.82, 2.24) is 19.9 Å². The van der Waals surface area contributed by atoms with Gasteiger partial charge in [-0.2, -0.15) is 0 Å². The van der Waals surface area contributed by atoms with Crippen LogP contribution in [0.3, 0.4) is 0 Å². The van der Waals surface area contributed by atoms with E-state index in [1.165, 1.54) is 0 Å². The van der Waals surface area contributed by atoms with E-state index in [1.54, 1.807) is 37.4 Å². The minimum atomic E-state index is 0. The SMILES string of the molecule is [Fe].c1c[nH]cn1.c1c[nH]cn1. The quantitative estimate of drug-likeness (QED) is 0.607. The van der Waals surface area contributed by atoms with E-state index in [-0.39, 0.29) is 17.1 Å². The molecule has 2 aromatic heterocycles. The second kappa shape index (κ2) is 7.05. The number of nitrogens with zero attached hydrogens (tertiary/aromatic N) is 2. The molecular weight excluding hydrogens is 184 g/mol. The van der Waals surface area contributed by atoms with Gasteiger partial charge in [0.15, 0.2) is 0 Å². The summed E-state index contributed by atoms with van der Waals surface area (Å²) in [5.74, 6) is 0. The molecule has 0 saturated heterocycles. The van der Waals surface area contributed by atoms with Crippen molar-refractivity contribution >= 4 is 0 Å². The number of hydrogen-bond acceptors (Lipinski definition) is 2. The van der Waals surface area contributed by atoms with Crippen molar-refractivity contribution in [3.05, 3.63) is 37.4 Å². The van der Waals surface area contributed by atoms with Crippen molar-refractivity contribution in [2.45, 2.75) is 0 Å². The molecule has 0 radical (unpaired) electrons. The van der Waals surface area contributed by atoms with Gasteiger partial charge in [0, 0.05) is 41.9 Å². The van der Waals surface area contributed by atoms with Crippen LogP contribution in [0.4, 0.5) is 0 Å². The first-order valence-corrected chi connectivity index (χ1v) is 2.85. The molecule has 0 bridgehead atoms. The molecule has 0 atom stereocenters. The maximum absolute atomic E-state index is 3.67. The molecule has 0 aromatic carbocycles. The second-order valence-corrected chi connectivity index (χ2v) is 1.52. The van der Waals surface area contributed by atoms with E-state index >= 15 is 0 Å². The van der Waals surface area contributed by atoms with Gasteiger partial charge < -0.3 is 9.97 Å². The van der Waals surface area contributed by atoms with Crippen LogP contribution in [-0.2, 0) is 17.1 Å². The predicted octanol–water partition coefficient (Wildman–Crippen LogP) is 0.817. The third-order valence-corrected chi connectivity index (χ3v) is 0.812. The van der Waals surface area contributed by atoms with E-state index in [0.717, 1.165) is 0 Å². The van der Waals surface area contributed by atoms with Crippen LogP contribution in [-0.4, -0.2) is 19.9 Å². The van der Waals surface area contributed by atoms with Gasteiger partial charge >= 0.3 is 0 Å². The van der Waals surface area contributed by atoms with Gasteiger partial charge in [0.05, 0.1) is 12.7 Å². The van der Waals surface area contributed by atoms with Crippen LogP contribution >= 0.6 is 0 Å². The first-order chi connectivity index (χ1) is 5.00. The van der Waals surface area contributed by atoms with Crippen LogP contribution in [0.5, 0.6) is 0 Å². The van der Waals surface area contributed by atoms with Crippen LogP contribution in [0.1, 0.15) is 0 Å². The zero-order valence-corrected chi connectivity index (χ0v) is 6.82. The van der Waals surface area contributed by atoms with Crippen molar-refractivity contribution < 1.29 is 17.1 Å². The van der Waals surface area contributed by atoms with Crippen LogP contribution < -0.4 is 0 Å². The number of nitrogens with one attached hydrogen (secondary N) is 2. The van der Waals surface area contributed by atoms with Crippen molar-refractivity contribution in [2.75, 3.05) is 0 Å². The summed E-state index contributed by atoms with van der Waals surface area (Å²) in [5, 5.41) is 0. The van der Waals surface area contributed by atoms with Gasteiger partial charge in [-0.15, -0.1) is 0 Å². The molecule has 4 nitrogen and oxygen atoms in total. The van der Waals surface area contributed by atoms with Crippen LogP contribution in [0.15, 0.2) is 37.4 Å². The van der Waals surface area contributed by atoms with E-state index in [4.69, 9.17) is 0 Å². The summed E-state index contributed by atoms with van der Waals surface area (Å²) in [6.45, 7) is 0. The number of H-pyrrole nitrogens is 2. The molecule has 0 aliphatic heterocycles. The summed E-state index contributed by atoms with van der Waals surface area (Å²) >= 11 is 0. The largest absolute Gasteiger partial charge is 0.351 e. The van der Waals surface area contributed by atoms with E-state index in [9.17, 15) is 0 Å². The Kier molecular flexibility index (Phi) is 6.37. The molecular formula is C6H8FeN4. The summed E-state index contributed by atoms with van der Waals surface area (Å²) in [6, 6.07) is 0. The molecule has 2 N–H and O–H groups in total. The van der Waals surface area contributed by atoms with Gasteiger partial charge in [0.25, 0.3) is 0 Å². The normalized spacial score (nSPS) is 7.27. The number of imidazole rings is 2. The van der Waals surface area contributed by atoms with Gasteiger partial charge in [-0.3, -0.25) is 0 Å². The van der Waals surface area contributed by atoms with Crippen molar-refractivity contribution in [3.8, 4) is 0 Å². The van der Waals surface area contributed by atoms with Crippen molar-refractivity contribution in [2.24, 2.45) is 0 Å². The first kappa shape index (κ1) is 9.94. The van der Waals surface area contributed by atoms with Gasteiger partial charge in [0.2, 0.25) is 0 Å². The van der Waals surface area contributed by atoms with E-state index in [0.29, 0.717) is 0 Å². The number of aromatic nitrogens is 4. The zero-order valence-electron chi connectivity index (χ0n) is 5.71. The standard InChI is InChI=1S/2C3H4N2.Fe/c2*1-2-5-3-4-1;/h2*1-3H,(H,4,5);. The minimum Gasteiger partial charge on any atom is -0.351 e. The average molecular weight is 192 g/mol. The summed E-state index contributed by atoms with van der Waals surface area (Å²) in [6.07, 6.45) is 10.2. The Hall–Kier alpha value is -1.06. The Morgan fingerprint density at radius 1 is 0.818 bits per heavy atom. The van der Waals surface area contributed by atoms with Gasteiger partial charge in [-0.25, -0.2) is 9.97 Å². The molecule has 2 heterocycles. The first-order valence-electron chi connectivity index (χ1n) is 2.85. The Morgan fingerprint density at radius 2 is 1.27 bits per heavy atom. The monoisotopic (exact) mass is 192 g/mol. The minimum absolute atomic E-state index is 0. The smallest absolute Gasteiger partial charge is 0.0919 e. The molecule has 5 heteroatoms. The van der Waals surface area contributed by atoms with E-state index in [2.05, 4.69) is 19.9 Å². The third kappa shape index (κ3) is 5.39. The fourth-order valence-electron chi connectivity index (χ4n) is 0.430. The average Bonchev–Trinajstić information content (AvgIpc) is 2.67. The molecule has 0 fully saturated rings. The maximum atomic E-state index is 3.67. The topological polar surface area (TPSA) is 57.4 Å². The zero-order chi connectivity index (χ0) is 7.07. The van der Waals surface area contributed by atoms with Crippen molar-refractivity contribution in [1.29, 1.82) is 0 Å². The number of aromatic amines is 2. The maximum Gasteiger partial charge on any atom is 0.0919 e. The molecule has 0 saturated carbocycles. The molecule has 2 aromatic rings. The molecule has 60 valence electrons. The van der Waals surface area contributed by atoms with Gasteiger partial charge in [-0.1, -0.05) is 0 Å². The summed E-state index contributed by atoms with van der Waals surface area (Å²) in [4.78, 5) is 12.8. The van der Waals surface area contributed by atoms with Crippen LogP contribution in [0.2, 0.25) is 0 Å². The third-order valence-electron chi connectivity index (χ3n) is 0.812. The van der Waals surface area contributed by atoms with Crippen LogP contribution in [0, 0.1) is 0 Å².